The first-order chi connectivity index (χ1) is 16.4. The van der Waals surface area contributed by atoms with Crippen molar-refractivity contribution in [3.05, 3.63) is 86.1 Å². The normalized spacial score (nSPS) is 10.9. The fourth-order valence-corrected chi connectivity index (χ4v) is 4.43. The van der Waals surface area contributed by atoms with Crippen LogP contribution in [0.15, 0.2) is 68.6 Å². The molecular formula is C25H23Br2FN2O4. The highest BCUT2D eigenvalue weighted by Crippen LogP contribution is 2.35. The number of amides is 1. The highest BCUT2D eigenvalue weighted by atomic mass is 79.9. The first kappa shape index (κ1) is 25.7. The first-order valence-electron chi connectivity index (χ1n) is 10.5. The molecule has 0 aliphatic heterocycles. The van der Waals surface area contributed by atoms with E-state index in [9.17, 15) is 9.18 Å². The van der Waals surface area contributed by atoms with Crippen molar-refractivity contribution >= 4 is 44.0 Å². The average Bonchev–Trinajstić information content (AvgIpc) is 2.81. The van der Waals surface area contributed by atoms with Crippen LogP contribution in [0.4, 0.5) is 4.39 Å². The van der Waals surface area contributed by atoms with Crippen molar-refractivity contribution in [2.75, 3.05) is 13.2 Å². The van der Waals surface area contributed by atoms with Crippen LogP contribution in [-0.2, 0) is 6.61 Å². The van der Waals surface area contributed by atoms with Gasteiger partial charge < -0.3 is 14.2 Å². The van der Waals surface area contributed by atoms with E-state index in [0.29, 0.717) is 56.1 Å². The SMILES string of the molecule is CCOc1ccc(C(=O)N/N=C/c2cc(Br)c(OCc3ccccc3F)c(Br)c2)cc1OCC. The Labute approximate surface area is 214 Å². The summed E-state index contributed by atoms with van der Waals surface area (Å²) in [5.41, 5.74) is 4.06. The van der Waals surface area contributed by atoms with Crippen LogP contribution in [0.1, 0.15) is 35.3 Å². The number of rotatable bonds is 10. The van der Waals surface area contributed by atoms with E-state index >= 15 is 0 Å². The van der Waals surface area contributed by atoms with Crippen molar-refractivity contribution < 1.29 is 23.4 Å². The number of carbonyl (C=O) groups is 1. The molecule has 0 aliphatic rings. The number of nitrogens with zero attached hydrogens (tertiary/aromatic N) is 1. The topological polar surface area (TPSA) is 69.2 Å². The third-order valence-corrected chi connectivity index (χ3v) is 5.71. The Morgan fingerprint density at radius 1 is 0.971 bits per heavy atom. The number of nitrogens with one attached hydrogen (secondary N) is 1. The molecule has 0 atom stereocenters. The molecule has 0 fully saturated rings. The van der Waals surface area contributed by atoms with Gasteiger partial charge in [0.05, 0.1) is 28.4 Å². The molecule has 178 valence electrons. The van der Waals surface area contributed by atoms with Crippen molar-refractivity contribution in [3.63, 3.8) is 0 Å². The molecule has 0 saturated heterocycles. The summed E-state index contributed by atoms with van der Waals surface area (Å²) in [6.45, 7) is 4.77. The summed E-state index contributed by atoms with van der Waals surface area (Å²) in [7, 11) is 0. The number of hydrogen-bond donors (Lipinski definition) is 1. The lowest BCUT2D eigenvalue weighted by Crippen LogP contribution is -2.17. The lowest BCUT2D eigenvalue weighted by Gasteiger charge is -2.12. The number of hydrogen-bond acceptors (Lipinski definition) is 5. The molecule has 6 nitrogen and oxygen atoms in total. The Bertz CT molecular complexity index is 1160. The summed E-state index contributed by atoms with van der Waals surface area (Å²) in [6.07, 6.45) is 1.51. The predicted molar refractivity (Wildman–Crippen MR) is 136 cm³/mol. The van der Waals surface area contributed by atoms with E-state index in [1.165, 1.54) is 12.3 Å². The van der Waals surface area contributed by atoms with E-state index in [1.807, 2.05) is 13.8 Å². The minimum atomic E-state index is -0.386. The highest BCUT2D eigenvalue weighted by molar-refractivity contribution is 9.11. The fourth-order valence-electron chi connectivity index (χ4n) is 2.98. The van der Waals surface area contributed by atoms with E-state index < -0.39 is 0 Å². The van der Waals surface area contributed by atoms with E-state index in [4.69, 9.17) is 14.2 Å². The van der Waals surface area contributed by atoms with Gasteiger partial charge in [-0.1, -0.05) is 18.2 Å². The average molecular weight is 594 g/mol. The zero-order chi connectivity index (χ0) is 24.5. The van der Waals surface area contributed by atoms with Crippen LogP contribution in [0.25, 0.3) is 0 Å². The molecule has 1 N–H and O–H groups in total. The second-order valence-electron chi connectivity index (χ2n) is 6.92. The van der Waals surface area contributed by atoms with E-state index in [0.717, 1.165) is 0 Å². The summed E-state index contributed by atoms with van der Waals surface area (Å²) in [5, 5.41) is 4.04. The minimum absolute atomic E-state index is 0.0825. The van der Waals surface area contributed by atoms with Gasteiger partial charge in [0.2, 0.25) is 0 Å². The third-order valence-electron chi connectivity index (χ3n) is 4.54. The molecule has 3 rings (SSSR count). The largest absolute Gasteiger partial charge is 0.490 e. The van der Waals surface area contributed by atoms with Crippen LogP contribution in [0.2, 0.25) is 0 Å². The Balaban J connectivity index is 1.66. The molecule has 9 heteroatoms. The highest BCUT2D eigenvalue weighted by Gasteiger charge is 2.12. The molecule has 3 aromatic rings. The maximum Gasteiger partial charge on any atom is 0.271 e. The second kappa shape index (κ2) is 12.5. The number of benzene rings is 3. The first-order valence-corrected chi connectivity index (χ1v) is 12.1. The molecule has 0 radical (unpaired) electrons. The minimum Gasteiger partial charge on any atom is -0.490 e. The van der Waals surface area contributed by atoms with Crippen LogP contribution in [-0.4, -0.2) is 25.3 Å². The third kappa shape index (κ3) is 6.80. The number of ether oxygens (including phenoxy) is 3. The van der Waals surface area contributed by atoms with Crippen LogP contribution in [0.5, 0.6) is 17.2 Å². The summed E-state index contributed by atoms with van der Waals surface area (Å²) >= 11 is 6.93. The Morgan fingerprint density at radius 3 is 2.32 bits per heavy atom. The van der Waals surface area contributed by atoms with Crippen molar-refractivity contribution in [1.82, 2.24) is 5.43 Å². The van der Waals surface area contributed by atoms with E-state index in [1.54, 1.807) is 48.5 Å². The van der Waals surface area contributed by atoms with Crippen LogP contribution < -0.4 is 19.6 Å². The van der Waals surface area contributed by atoms with Gasteiger partial charge in [-0.05, 0) is 87.7 Å². The Hall–Kier alpha value is -2.91. The zero-order valence-electron chi connectivity index (χ0n) is 18.6. The molecule has 0 saturated carbocycles. The number of hydrazone groups is 1. The summed E-state index contributed by atoms with van der Waals surface area (Å²) in [5.74, 6) is 0.900. The van der Waals surface area contributed by atoms with Gasteiger partial charge in [-0.2, -0.15) is 5.10 Å². The molecular weight excluding hydrogens is 571 g/mol. The smallest absolute Gasteiger partial charge is 0.271 e. The van der Waals surface area contributed by atoms with Gasteiger partial charge in [-0.15, -0.1) is 0 Å². The van der Waals surface area contributed by atoms with Gasteiger partial charge in [-0.25, -0.2) is 9.82 Å². The van der Waals surface area contributed by atoms with Crippen molar-refractivity contribution in [2.24, 2.45) is 5.10 Å². The van der Waals surface area contributed by atoms with Crippen molar-refractivity contribution in [1.29, 1.82) is 0 Å². The van der Waals surface area contributed by atoms with Gasteiger partial charge >= 0.3 is 0 Å². The zero-order valence-corrected chi connectivity index (χ0v) is 21.8. The standard InChI is InChI=1S/C25H23Br2FN2O4/c1-3-32-22-10-9-17(13-23(22)33-4-2)25(31)30-29-14-16-11-19(26)24(20(27)12-16)34-15-18-7-5-6-8-21(18)28/h5-14H,3-4,15H2,1-2H3,(H,30,31)/b29-14+. The maximum atomic E-state index is 13.8. The molecule has 1 amide bonds. The second-order valence-corrected chi connectivity index (χ2v) is 8.63. The lowest BCUT2D eigenvalue weighted by atomic mass is 10.2. The van der Waals surface area contributed by atoms with E-state index in [2.05, 4.69) is 42.4 Å². The Kier molecular flexibility index (Phi) is 9.47. The van der Waals surface area contributed by atoms with Gasteiger partial charge in [-0.3, -0.25) is 4.79 Å². The molecule has 0 unspecified atom stereocenters. The van der Waals surface area contributed by atoms with Crippen LogP contribution in [0.3, 0.4) is 0 Å². The number of halogens is 3. The summed E-state index contributed by atoms with van der Waals surface area (Å²) < 4.78 is 32.0. The number of carbonyl (C=O) groups excluding carboxylic acids is 1. The van der Waals surface area contributed by atoms with E-state index in [-0.39, 0.29) is 18.3 Å². The Morgan fingerprint density at radius 2 is 1.65 bits per heavy atom. The predicted octanol–water partition coefficient (Wildman–Crippen LogP) is 6.49. The van der Waals surface area contributed by atoms with Crippen LogP contribution in [0, 0.1) is 5.82 Å². The van der Waals surface area contributed by atoms with Gasteiger partial charge in [0.25, 0.3) is 5.91 Å². The maximum absolute atomic E-state index is 13.8. The molecule has 0 spiro atoms. The van der Waals surface area contributed by atoms with Crippen molar-refractivity contribution in [3.8, 4) is 17.2 Å². The molecule has 3 aromatic carbocycles. The lowest BCUT2D eigenvalue weighted by molar-refractivity contribution is 0.0954. The monoisotopic (exact) mass is 592 g/mol. The molecule has 0 aliphatic carbocycles. The van der Waals surface area contributed by atoms with Crippen LogP contribution >= 0.6 is 31.9 Å². The molecule has 0 aromatic heterocycles. The molecule has 0 bridgehead atoms. The van der Waals surface area contributed by atoms with Gasteiger partial charge in [0.15, 0.2) is 11.5 Å². The fraction of sp³-hybridized carbons (Fsp3) is 0.200. The quantitative estimate of drug-likeness (QED) is 0.215. The van der Waals surface area contributed by atoms with Gasteiger partial charge in [0.1, 0.15) is 18.2 Å². The molecule has 34 heavy (non-hydrogen) atoms. The molecule has 0 heterocycles. The summed E-state index contributed by atoms with van der Waals surface area (Å²) in [4.78, 5) is 12.5. The summed E-state index contributed by atoms with van der Waals surface area (Å²) in [6, 6.07) is 15.0. The van der Waals surface area contributed by atoms with Crippen molar-refractivity contribution in [2.45, 2.75) is 20.5 Å². The van der Waals surface area contributed by atoms with Gasteiger partial charge in [0, 0.05) is 11.1 Å².